The number of methoxy groups -OCH3 is 3. The van der Waals surface area contributed by atoms with Crippen molar-refractivity contribution in [2.75, 3.05) is 27.9 Å². The number of aliphatic imine (C=N–C) groups is 1. The van der Waals surface area contributed by atoms with Crippen LogP contribution in [0.25, 0.3) is 0 Å². The third kappa shape index (κ3) is 4.29. The van der Waals surface area contributed by atoms with Gasteiger partial charge < -0.3 is 24.1 Å². The fourth-order valence-corrected chi connectivity index (χ4v) is 4.46. The Morgan fingerprint density at radius 1 is 1.00 bits per heavy atom. The molecule has 2 aliphatic rings. The molecule has 0 saturated heterocycles. The molecule has 3 unspecified atom stereocenters. The topological polar surface area (TPSA) is 82.4 Å². The summed E-state index contributed by atoms with van der Waals surface area (Å²) in [5.41, 5.74) is 3.69. The van der Waals surface area contributed by atoms with Crippen LogP contribution in [0.1, 0.15) is 48.8 Å². The molecule has 7 nitrogen and oxygen atoms in total. The van der Waals surface area contributed by atoms with Gasteiger partial charge in [-0.2, -0.15) is 4.98 Å². The predicted molar refractivity (Wildman–Crippen MR) is 121 cm³/mol. The van der Waals surface area contributed by atoms with Crippen molar-refractivity contribution < 1.29 is 24.1 Å². The second kappa shape index (κ2) is 9.75. The van der Waals surface area contributed by atoms with E-state index in [1.807, 2.05) is 31.2 Å². The van der Waals surface area contributed by atoms with Crippen LogP contribution in [0, 0.1) is 0 Å². The van der Waals surface area contributed by atoms with Crippen molar-refractivity contribution in [3.8, 4) is 23.3 Å². The maximum absolute atomic E-state index is 10.3. The van der Waals surface area contributed by atoms with Crippen LogP contribution in [0.2, 0.25) is 0 Å². The van der Waals surface area contributed by atoms with Crippen LogP contribution in [0.5, 0.6) is 23.3 Å². The van der Waals surface area contributed by atoms with Gasteiger partial charge in [-0.3, -0.25) is 4.99 Å². The van der Waals surface area contributed by atoms with Crippen LogP contribution in [-0.2, 0) is 0 Å². The van der Waals surface area contributed by atoms with E-state index >= 15 is 0 Å². The molecule has 1 aromatic carbocycles. The minimum atomic E-state index is -0.314. The highest BCUT2D eigenvalue weighted by atomic mass is 35.5. The minimum Gasteiger partial charge on any atom is -0.493 e. The Hall–Kier alpha value is -2.51. The first-order valence-corrected chi connectivity index (χ1v) is 10.3. The number of hydrogen-bond acceptors (Lipinski definition) is 7. The van der Waals surface area contributed by atoms with E-state index < -0.39 is 0 Å². The first-order valence-electron chi connectivity index (χ1n) is 10.3. The van der Waals surface area contributed by atoms with Crippen molar-refractivity contribution in [2.45, 2.75) is 44.2 Å². The second-order valence-electron chi connectivity index (χ2n) is 7.55. The molecule has 168 valence electrons. The van der Waals surface area contributed by atoms with Gasteiger partial charge in [0, 0.05) is 17.5 Å². The maximum atomic E-state index is 10.3. The quantitative estimate of drug-likeness (QED) is 0.724. The third-order valence-corrected chi connectivity index (χ3v) is 5.86. The summed E-state index contributed by atoms with van der Waals surface area (Å²) in [5, 5.41) is 10.3. The molecule has 3 atom stereocenters. The van der Waals surface area contributed by atoms with Gasteiger partial charge in [-0.1, -0.05) is 0 Å². The average Bonchev–Trinajstić information content (AvgIpc) is 2.78. The van der Waals surface area contributed by atoms with Crippen molar-refractivity contribution in [3.63, 3.8) is 0 Å². The lowest BCUT2D eigenvalue weighted by atomic mass is 9.74. The predicted octanol–water partition coefficient (Wildman–Crippen LogP) is 3.78. The van der Waals surface area contributed by atoms with Crippen LogP contribution >= 0.6 is 12.4 Å². The van der Waals surface area contributed by atoms with Gasteiger partial charge in [-0.15, -0.1) is 12.4 Å². The van der Waals surface area contributed by atoms with E-state index in [0.717, 1.165) is 35.2 Å². The third-order valence-electron chi connectivity index (χ3n) is 5.86. The molecule has 2 heterocycles. The number of aliphatic hydroxyl groups excluding tert-OH is 1. The molecule has 1 aliphatic heterocycles. The van der Waals surface area contributed by atoms with E-state index in [1.165, 1.54) is 0 Å². The summed E-state index contributed by atoms with van der Waals surface area (Å²) >= 11 is 0. The number of aliphatic hydroxyl groups is 1. The summed E-state index contributed by atoms with van der Waals surface area (Å²) in [6, 6.07) is 7.84. The fourth-order valence-electron chi connectivity index (χ4n) is 4.46. The van der Waals surface area contributed by atoms with Crippen molar-refractivity contribution in [2.24, 2.45) is 4.99 Å². The van der Waals surface area contributed by atoms with Crippen LogP contribution in [-0.4, -0.2) is 55.9 Å². The summed E-state index contributed by atoms with van der Waals surface area (Å²) in [6.07, 6.45) is 1.95. The van der Waals surface area contributed by atoms with Crippen LogP contribution in [0.3, 0.4) is 0 Å². The summed E-state index contributed by atoms with van der Waals surface area (Å²) in [5.74, 6) is 2.43. The monoisotopic (exact) mass is 448 g/mol. The van der Waals surface area contributed by atoms with Gasteiger partial charge in [-0.05, 0) is 49.9 Å². The molecular weight excluding hydrogens is 420 g/mol. The molecule has 1 N–H and O–H groups in total. The lowest BCUT2D eigenvalue weighted by molar-refractivity contribution is 0.111. The van der Waals surface area contributed by atoms with Crippen molar-refractivity contribution in [1.29, 1.82) is 0 Å². The molecule has 0 bridgehead atoms. The number of hydrogen-bond donors (Lipinski definition) is 1. The number of ether oxygens (including phenoxy) is 4. The number of benzene rings is 1. The summed E-state index contributed by atoms with van der Waals surface area (Å²) in [7, 11) is 4.80. The van der Waals surface area contributed by atoms with E-state index in [4.69, 9.17) is 23.9 Å². The number of fused-ring (bicyclic) bond motifs is 3. The zero-order valence-corrected chi connectivity index (χ0v) is 19.1. The SMILES string of the molecule is CCOc1cc2c(cc1OC)C(c1ccc(OC)nc1OC)=NC1CCC(O)CC21.Cl. The molecule has 1 saturated carbocycles. The van der Waals surface area contributed by atoms with Gasteiger partial charge in [0.15, 0.2) is 11.5 Å². The van der Waals surface area contributed by atoms with E-state index in [9.17, 15) is 5.11 Å². The van der Waals surface area contributed by atoms with Crippen LogP contribution in [0.15, 0.2) is 29.3 Å². The Balaban J connectivity index is 0.00000272. The van der Waals surface area contributed by atoms with Gasteiger partial charge in [0.05, 0.1) is 51.4 Å². The van der Waals surface area contributed by atoms with E-state index in [1.54, 1.807) is 21.3 Å². The molecule has 1 aliphatic carbocycles. The molecule has 8 heteroatoms. The number of aromatic nitrogens is 1. The van der Waals surface area contributed by atoms with Gasteiger partial charge in [-0.25, -0.2) is 0 Å². The zero-order valence-electron chi connectivity index (χ0n) is 18.3. The molecule has 1 aromatic heterocycles. The van der Waals surface area contributed by atoms with Gasteiger partial charge in [0.2, 0.25) is 11.8 Å². The van der Waals surface area contributed by atoms with E-state index in [2.05, 4.69) is 4.98 Å². The molecule has 31 heavy (non-hydrogen) atoms. The smallest absolute Gasteiger partial charge is 0.226 e. The van der Waals surface area contributed by atoms with Crippen molar-refractivity contribution in [1.82, 2.24) is 4.98 Å². The summed E-state index contributed by atoms with van der Waals surface area (Å²) in [6.45, 7) is 2.50. The number of rotatable bonds is 6. The maximum Gasteiger partial charge on any atom is 0.226 e. The standard InChI is InChI=1S/C23H28N2O5.ClH/c1-5-30-20-11-15-16-10-13(26)6-8-18(16)24-22(17(15)12-19(20)27-2)14-7-9-21(28-3)25-23(14)29-4;/h7,9,11-13,16,18,26H,5-6,8,10H2,1-4H3;1H. The molecule has 1 fully saturated rings. The Labute approximate surface area is 188 Å². The molecule has 2 aromatic rings. The number of nitrogens with zero attached hydrogens (tertiary/aromatic N) is 2. The zero-order chi connectivity index (χ0) is 21.3. The lowest BCUT2D eigenvalue weighted by Gasteiger charge is -2.37. The highest BCUT2D eigenvalue weighted by molar-refractivity contribution is 6.16. The van der Waals surface area contributed by atoms with E-state index in [-0.39, 0.29) is 30.5 Å². The molecule has 0 spiro atoms. The minimum absolute atomic E-state index is 0. The Morgan fingerprint density at radius 2 is 1.81 bits per heavy atom. The van der Waals surface area contributed by atoms with Crippen molar-refractivity contribution >= 4 is 18.1 Å². The molecule has 0 radical (unpaired) electrons. The second-order valence-corrected chi connectivity index (χ2v) is 7.55. The number of pyridine rings is 1. The Bertz CT molecular complexity index is 965. The summed E-state index contributed by atoms with van der Waals surface area (Å²) in [4.78, 5) is 9.56. The highest BCUT2D eigenvalue weighted by Crippen LogP contribution is 2.45. The van der Waals surface area contributed by atoms with E-state index in [0.29, 0.717) is 36.3 Å². The largest absolute Gasteiger partial charge is 0.493 e. The molecule has 0 amide bonds. The van der Waals surface area contributed by atoms with Crippen LogP contribution in [0.4, 0.5) is 0 Å². The number of halogens is 1. The first kappa shape index (κ1) is 23.2. The summed E-state index contributed by atoms with van der Waals surface area (Å²) < 4.78 is 22.2. The highest BCUT2D eigenvalue weighted by Gasteiger charge is 2.38. The first-order chi connectivity index (χ1) is 14.6. The van der Waals surface area contributed by atoms with Gasteiger partial charge >= 0.3 is 0 Å². The van der Waals surface area contributed by atoms with Crippen molar-refractivity contribution in [3.05, 3.63) is 41.0 Å². The molecular formula is C23H29ClN2O5. The average molecular weight is 449 g/mol. The normalized spacial score (nSPS) is 21.7. The Kier molecular flexibility index (Phi) is 7.28. The fraction of sp³-hybridized carbons (Fsp3) is 0.478. The lowest BCUT2D eigenvalue weighted by Crippen LogP contribution is -2.34. The van der Waals surface area contributed by atoms with Gasteiger partial charge in [0.25, 0.3) is 0 Å². The van der Waals surface area contributed by atoms with Crippen LogP contribution < -0.4 is 18.9 Å². The van der Waals surface area contributed by atoms with Gasteiger partial charge in [0.1, 0.15) is 0 Å². The Morgan fingerprint density at radius 3 is 2.48 bits per heavy atom. The molecule has 4 rings (SSSR count).